The van der Waals surface area contributed by atoms with Crippen LogP contribution >= 0.6 is 0 Å². The summed E-state index contributed by atoms with van der Waals surface area (Å²) < 4.78 is 0. The van der Waals surface area contributed by atoms with Crippen molar-refractivity contribution in [1.82, 2.24) is 4.90 Å². The summed E-state index contributed by atoms with van der Waals surface area (Å²) in [5.74, 6) is 6.47. The molecule has 1 amide bonds. The SMILES string of the molecule is Cc1ccc(C(=O)N(CC(C)C)C2CC2)c(C#CCN)c1. The van der Waals surface area contributed by atoms with E-state index in [0.29, 0.717) is 24.1 Å². The van der Waals surface area contributed by atoms with Crippen LogP contribution in [0.25, 0.3) is 0 Å². The Hall–Kier alpha value is -1.79. The molecule has 0 unspecified atom stereocenters. The zero-order valence-electron chi connectivity index (χ0n) is 13.1. The van der Waals surface area contributed by atoms with Crippen LogP contribution in [0, 0.1) is 24.7 Å². The summed E-state index contributed by atoms with van der Waals surface area (Å²) in [6, 6.07) is 6.25. The molecule has 0 aliphatic heterocycles. The van der Waals surface area contributed by atoms with Gasteiger partial charge in [0.2, 0.25) is 0 Å². The van der Waals surface area contributed by atoms with Crippen LogP contribution in [0.2, 0.25) is 0 Å². The summed E-state index contributed by atoms with van der Waals surface area (Å²) in [7, 11) is 0. The van der Waals surface area contributed by atoms with E-state index in [1.54, 1.807) is 0 Å². The maximum Gasteiger partial charge on any atom is 0.255 e. The fourth-order valence-corrected chi connectivity index (χ4v) is 2.43. The first-order valence-electron chi connectivity index (χ1n) is 7.63. The Morgan fingerprint density at radius 1 is 1.43 bits per heavy atom. The molecule has 1 aromatic rings. The maximum atomic E-state index is 12.9. The molecular weight excluding hydrogens is 260 g/mol. The van der Waals surface area contributed by atoms with E-state index in [4.69, 9.17) is 5.73 Å². The van der Waals surface area contributed by atoms with Gasteiger partial charge in [0.05, 0.1) is 12.1 Å². The van der Waals surface area contributed by atoms with Crippen LogP contribution < -0.4 is 5.73 Å². The average molecular weight is 284 g/mol. The van der Waals surface area contributed by atoms with Gasteiger partial charge in [0.25, 0.3) is 5.91 Å². The molecule has 0 aromatic heterocycles. The van der Waals surface area contributed by atoms with Crippen molar-refractivity contribution in [3.63, 3.8) is 0 Å². The van der Waals surface area contributed by atoms with Gasteiger partial charge >= 0.3 is 0 Å². The fraction of sp³-hybridized carbons (Fsp3) is 0.500. The second-order valence-corrected chi connectivity index (χ2v) is 6.14. The van der Waals surface area contributed by atoms with Gasteiger partial charge in [-0.15, -0.1) is 0 Å². The normalized spacial score (nSPS) is 13.8. The number of aryl methyl sites for hydroxylation is 1. The number of rotatable bonds is 4. The second kappa shape index (κ2) is 6.78. The molecule has 1 aliphatic carbocycles. The van der Waals surface area contributed by atoms with Crippen LogP contribution in [0.5, 0.6) is 0 Å². The number of carbonyl (C=O) groups is 1. The molecule has 0 radical (unpaired) electrons. The lowest BCUT2D eigenvalue weighted by Crippen LogP contribution is -2.36. The van der Waals surface area contributed by atoms with Crippen LogP contribution in [-0.2, 0) is 0 Å². The largest absolute Gasteiger partial charge is 0.335 e. The van der Waals surface area contributed by atoms with Crippen LogP contribution in [-0.4, -0.2) is 29.9 Å². The van der Waals surface area contributed by atoms with Crippen molar-refractivity contribution in [2.75, 3.05) is 13.1 Å². The molecule has 1 fully saturated rings. The molecule has 2 rings (SSSR count). The minimum atomic E-state index is 0.104. The molecular formula is C18H24N2O. The highest BCUT2D eigenvalue weighted by Crippen LogP contribution is 2.29. The minimum absolute atomic E-state index is 0.104. The Labute approximate surface area is 127 Å². The van der Waals surface area contributed by atoms with Crippen molar-refractivity contribution in [3.8, 4) is 11.8 Å². The summed E-state index contributed by atoms with van der Waals surface area (Å²) in [4.78, 5) is 14.9. The molecule has 0 atom stereocenters. The van der Waals surface area contributed by atoms with Crippen molar-refractivity contribution < 1.29 is 4.79 Å². The molecule has 1 saturated carbocycles. The number of benzene rings is 1. The number of hydrogen-bond donors (Lipinski definition) is 1. The van der Waals surface area contributed by atoms with Crippen molar-refractivity contribution in [3.05, 3.63) is 34.9 Å². The van der Waals surface area contributed by atoms with Crippen LogP contribution in [0.1, 0.15) is 48.2 Å². The summed E-state index contributed by atoms with van der Waals surface area (Å²) in [5.41, 5.74) is 8.06. The number of nitrogens with two attached hydrogens (primary N) is 1. The van der Waals surface area contributed by atoms with Gasteiger partial charge in [0.15, 0.2) is 0 Å². The topological polar surface area (TPSA) is 46.3 Å². The predicted octanol–water partition coefficient (Wildman–Crippen LogP) is 2.57. The highest BCUT2D eigenvalue weighted by molar-refractivity contribution is 5.97. The maximum absolute atomic E-state index is 12.9. The van der Waals surface area contributed by atoms with E-state index < -0.39 is 0 Å². The van der Waals surface area contributed by atoms with Crippen molar-refractivity contribution in [2.45, 2.75) is 39.7 Å². The third-order valence-electron chi connectivity index (χ3n) is 3.54. The van der Waals surface area contributed by atoms with Gasteiger partial charge in [0.1, 0.15) is 0 Å². The lowest BCUT2D eigenvalue weighted by atomic mass is 10.0. The van der Waals surface area contributed by atoms with E-state index in [9.17, 15) is 4.79 Å². The molecule has 112 valence electrons. The van der Waals surface area contributed by atoms with Crippen molar-refractivity contribution >= 4 is 5.91 Å². The standard InChI is InChI=1S/C18H24N2O/c1-13(2)12-20(16-7-8-16)18(21)17-9-6-14(3)11-15(17)5-4-10-19/h6,9,11,13,16H,7-8,10,12,19H2,1-3H3. The summed E-state index contributed by atoms with van der Waals surface area (Å²) >= 11 is 0. The van der Waals surface area contributed by atoms with Gasteiger partial charge in [-0.25, -0.2) is 0 Å². The van der Waals surface area contributed by atoms with Crippen molar-refractivity contribution in [1.29, 1.82) is 0 Å². The lowest BCUT2D eigenvalue weighted by molar-refractivity contribution is 0.0722. The first kappa shape index (κ1) is 15.6. The zero-order valence-corrected chi connectivity index (χ0v) is 13.1. The third-order valence-corrected chi connectivity index (χ3v) is 3.54. The van der Waals surface area contributed by atoms with E-state index in [1.807, 2.05) is 30.0 Å². The van der Waals surface area contributed by atoms with E-state index in [0.717, 1.165) is 30.5 Å². The second-order valence-electron chi connectivity index (χ2n) is 6.14. The Balaban J connectivity index is 2.32. The quantitative estimate of drug-likeness (QED) is 0.864. The summed E-state index contributed by atoms with van der Waals surface area (Å²) in [5, 5.41) is 0. The Kier molecular flexibility index (Phi) is 5.03. The Morgan fingerprint density at radius 2 is 2.14 bits per heavy atom. The number of hydrogen-bond acceptors (Lipinski definition) is 2. The van der Waals surface area contributed by atoms with Gasteiger partial charge in [-0.05, 0) is 43.4 Å². The van der Waals surface area contributed by atoms with E-state index in [1.165, 1.54) is 0 Å². The average Bonchev–Trinajstić information content (AvgIpc) is 3.26. The molecule has 21 heavy (non-hydrogen) atoms. The van der Waals surface area contributed by atoms with Gasteiger partial charge in [-0.2, -0.15) is 0 Å². The third kappa shape index (κ3) is 4.09. The molecule has 0 saturated heterocycles. The monoisotopic (exact) mass is 284 g/mol. The van der Waals surface area contributed by atoms with E-state index in [2.05, 4.69) is 25.7 Å². The molecule has 0 bridgehead atoms. The number of nitrogens with zero attached hydrogens (tertiary/aromatic N) is 1. The van der Waals surface area contributed by atoms with Crippen molar-refractivity contribution in [2.24, 2.45) is 11.7 Å². The van der Waals surface area contributed by atoms with Gasteiger partial charge in [-0.3, -0.25) is 4.79 Å². The zero-order chi connectivity index (χ0) is 15.4. The highest BCUT2D eigenvalue weighted by atomic mass is 16.2. The number of amides is 1. The minimum Gasteiger partial charge on any atom is -0.335 e. The van der Waals surface area contributed by atoms with Crippen LogP contribution in [0.15, 0.2) is 18.2 Å². The van der Waals surface area contributed by atoms with E-state index in [-0.39, 0.29) is 5.91 Å². The van der Waals surface area contributed by atoms with Crippen LogP contribution in [0.4, 0.5) is 0 Å². The van der Waals surface area contributed by atoms with Crippen LogP contribution in [0.3, 0.4) is 0 Å². The summed E-state index contributed by atoms with van der Waals surface area (Å²) in [6.45, 7) is 7.41. The number of carbonyl (C=O) groups excluding carboxylic acids is 1. The lowest BCUT2D eigenvalue weighted by Gasteiger charge is -2.25. The first-order valence-corrected chi connectivity index (χ1v) is 7.63. The fourth-order valence-electron chi connectivity index (χ4n) is 2.43. The van der Waals surface area contributed by atoms with Gasteiger partial charge in [0, 0.05) is 18.2 Å². The molecule has 0 heterocycles. The molecule has 1 aromatic carbocycles. The molecule has 0 spiro atoms. The molecule has 2 N–H and O–H groups in total. The summed E-state index contributed by atoms with van der Waals surface area (Å²) in [6.07, 6.45) is 2.24. The molecule has 3 heteroatoms. The van der Waals surface area contributed by atoms with E-state index >= 15 is 0 Å². The molecule has 3 nitrogen and oxygen atoms in total. The highest BCUT2D eigenvalue weighted by Gasteiger charge is 2.33. The van der Waals surface area contributed by atoms with Gasteiger partial charge < -0.3 is 10.6 Å². The predicted molar refractivity (Wildman–Crippen MR) is 86.0 cm³/mol. The Morgan fingerprint density at radius 3 is 2.71 bits per heavy atom. The first-order chi connectivity index (χ1) is 10.0. The molecule has 1 aliphatic rings. The van der Waals surface area contributed by atoms with Gasteiger partial charge in [-0.1, -0.05) is 31.8 Å². The smallest absolute Gasteiger partial charge is 0.255 e. The Bertz CT molecular complexity index is 577.